The first kappa shape index (κ1) is 9.86. The van der Waals surface area contributed by atoms with Gasteiger partial charge in [-0.1, -0.05) is 6.07 Å². The number of nitrogens with zero attached hydrogens (tertiary/aromatic N) is 1. The number of aliphatic hydroxyl groups excluding tert-OH is 1. The topological polar surface area (TPSA) is 46.3 Å². The Bertz CT molecular complexity index is 465. The van der Waals surface area contributed by atoms with Gasteiger partial charge in [-0.25, -0.2) is 9.37 Å². The normalized spacial score (nSPS) is 12.7. The first-order valence-corrected chi connectivity index (χ1v) is 4.56. The van der Waals surface area contributed by atoms with Gasteiger partial charge in [-0.3, -0.25) is 0 Å². The molecule has 1 aromatic carbocycles. The Morgan fingerprint density at radius 2 is 2.27 bits per heavy atom. The maximum atomic E-state index is 12.9. The molecule has 0 aliphatic rings. The van der Waals surface area contributed by atoms with E-state index in [1.165, 1.54) is 18.4 Å². The standard InChI is InChI=1S/C11H10FNO2/c1-7(14)10-6-15-11(13-10)8-3-2-4-9(12)5-8/h2-7,14H,1H3. The molecule has 0 aliphatic carbocycles. The molecule has 0 fully saturated rings. The average Bonchev–Trinajstić information content (AvgIpc) is 2.66. The highest BCUT2D eigenvalue weighted by atomic mass is 19.1. The molecule has 2 aromatic rings. The molecule has 0 bridgehead atoms. The third kappa shape index (κ3) is 2.05. The molecule has 0 saturated heterocycles. The van der Waals surface area contributed by atoms with Crippen molar-refractivity contribution in [1.29, 1.82) is 0 Å². The summed E-state index contributed by atoms with van der Waals surface area (Å²) in [6.07, 6.45) is 0.682. The van der Waals surface area contributed by atoms with Crippen molar-refractivity contribution in [3.05, 3.63) is 42.0 Å². The van der Waals surface area contributed by atoms with Crippen molar-refractivity contribution in [3.8, 4) is 11.5 Å². The number of oxazole rings is 1. The van der Waals surface area contributed by atoms with Crippen molar-refractivity contribution < 1.29 is 13.9 Å². The van der Waals surface area contributed by atoms with E-state index < -0.39 is 6.10 Å². The fourth-order valence-electron chi connectivity index (χ4n) is 1.23. The molecule has 3 nitrogen and oxygen atoms in total. The molecule has 1 N–H and O–H groups in total. The summed E-state index contributed by atoms with van der Waals surface area (Å²) in [6.45, 7) is 1.59. The molecule has 4 heteroatoms. The van der Waals surface area contributed by atoms with Crippen LogP contribution in [-0.2, 0) is 0 Å². The minimum absolute atomic E-state index is 0.311. The molecule has 0 radical (unpaired) electrons. The van der Waals surface area contributed by atoms with Crippen LogP contribution < -0.4 is 0 Å². The van der Waals surface area contributed by atoms with Crippen molar-refractivity contribution in [2.75, 3.05) is 0 Å². The average molecular weight is 207 g/mol. The molecule has 1 heterocycles. The van der Waals surface area contributed by atoms with Crippen LogP contribution in [0, 0.1) is 5.82 Å². The van der Waals surface area contributed by atoms with E-state index in [0.717, 1.165) is 0 Å². The van der Waals surface area contributed by atoms with Crippen LogP contribution in [0.15, 0.2) is 34.9 Å². The highest BCUT2D eigenvalue weighted by Gasteiger charge is 2.10. The molecule has 78 valence electrons. The summed E-state index contributed by atoms with van der Waals surface area (Å²) in [5, 5.41) is 9.24. The number of hydrogen-bond donors (Lipinski definition) is 1. The first-order valence-electron chi connectivity index (χ1n) is 4.56. The molecule has 1 aromatic heterocycles. The number of hydrogen-bond acceptors (Lipinski definition) is 3. The van der Waals surface area contributed by atoms with Gasteiger partial charge in [0.1, 0.15) is 17.8 Å². The summed E-state index contributed by atoms with van der Waals surface area (Å²) in [4.78, 5) is 4.04. The highest BCUT2D eigenvalue weighted by molar-refractivity contribution is 5.52. The molecule has 0 spiro atoms. The fraction of sp³-hybridized carbons (Fsp3) is 0.182. The molecule has 1 unspecified atom stereocenters. The smallest absolute Gasteiger partial charge is 0.226 e. The number of halogens is 1. The molecule has 2 rings (SSSR count). The van der Waals surface area contributed by atoms with Crippen LogP contribution in [0.1, 0.15) is 18.7 Å². The summed E-state index contributed by atoms with van der Waals surface area (Å²) in [5.74, 6) is -0.0327. The van der Waals surface area contributed by atoms with Crippen molar-refractivity contribution in [2.45, 2.75) is 13.0 Å². The minimum Gasteiger partial charge on any atom is -0.444 e. The van der Waals surface area contributed by atoms with Crippen molar-refractivity contribution in [3.63, 3.8) is 0 Å². The second-order valence-electron chi connectivity index (χ2n) is 3.26. The Balaban J connectivity index is 2.37. The zero-order valence-electron chi connectivity index (χ0n) is 8.14. The lowest BCUT2D eigenvalue weighted by Gasteiger charge is -1.96. The van der Waals surface area contributed by atoms with Gasteiger partial charge in [0.25, 0.3) is 0 Å². The summed E-state index contributed by atoms with van der Waals surface area (Å²) >= 11 is 0. The SMILES string of the molecule is CC(O)c1coc(-c2cccc(F)c2)n1. The Morgan fingerprint density at radius 3 is 2.87 bits per heavy atom. The maximum absolute atomic E-state index is 12.9. The van der Waals surface area contributed by atoms with E-state index in [-0.39, 0.29) is 5.82 Å². The van der Waals surface area contributed by atoms with Crippen LogP contribution in [0.5, 0.6) is 0 Å². The van der Waals surface area contributed by atoms with Crippen LogP contribution in [0.4, 0.5) is 4.39 Å². The van der Waals surface area contributed by atoms with E-state index in [2.05, 4.69) is 4.98 Å². The van der Waals surface area contributed by atoms with E-state index in [9.17, 15) is 9.50 Å². The van der Waals surface area contributed by atoms with E-state index in [1.54, 1.807) is 19.1 Å². The molecule has 0 saturated carbocycles. The van der Waals surface area contributed by atoms with Gasteiger partial charge in [0.15, 0.2) is 0 Å². The van der Waals surface area contributed by atoms with E-state index in [4.69, 9.17) is 4.42 Å². The number of rotatable bonds is 2. The van der Waals surface area contributed by atoms with Crippen molar-refractivity contribution >= 4 is 0 Å². The Morgan fingerprint density at radius 1 is 1.47 bits per heavy atom. The number of aliphatic hydroxyl groups is 1. The lowest BCUT2D eigenvalue weighted by Crippen LogP contribution is -1.90. The second kappa shape index (κ2) is 3.82. The Kier molecular flexibility index (Phi) is 2.51. The molecular weight excluding hydrogens is 197 g/mol. The lowest BCUT2D eigenvalue weighted by molar-refractivity contribution is 0.194. The number of aromatic nitrogens is 1. The van der Waals surface area contributed by atoms with Crippen LogP contribution in [0.3, 0.4) is 0 Å². The van der Waals surface area contributed by atoms with E-state index in [1.807, 2.05) is 0 Å². The molecule has 15 heavy (non-hydrogen) atoms. The molecule has 0 aliphatic heterocycles. The minimum atomic E-state index is -0.684. The quantitative estimate of drug-likeness (QED) is 0.823. The molecule has 0 amide bonds. The fourth-order valence-corrected chi connectivity index (χ4v) is 1.23. The predicted molar refractivity (Wildman–Crippen MR) is 52.5 cm³/mol. The van der Waals surface area contributed by atoms with Gasteiger partial charge >= 0.3 is 0 Å². The monoisotopic (exact) mass is 207 g/mol. The van der Waals surface area contributed by atoms with Gasteiger partial charge in [0, 0.05) is 5.56 Å². The van der Waals surface area contributed by atoms with Gasteiger partial charge in [-0.05, 0) is 25.1 Å². The van der Waals surface area contributed by atoms with E-state index in [0.29, 0.717) is 17.1 Å². The number of benzene rings is 1. The van der Waals surface area contributed by atoms with Crippen LogP contribution in [-0.4, -0.2) is 10.1 Å². The van der Waals surface area contributed by atoms with Gasteiger partial charge in [0.05, 0.1) is 6.10 Å². The van der Waals surface area contributed by atoms with Gasteiger partial charge in [-0.2, -0.15) is 0 Å². The van der Waals surface area contributed by atoms with Crippen LogP contribution >= 0.6 is 0 Å². The lowest BCUT2D eigenvalue weighted by atomic mass is 10.2. The van der Waals surface area contributed by atoms with E-state index >= 15 is 0 Å². The van der Waals surface area contributed by atoms with Crippen LogP contribution in [0.2, 0.25) is 0 Å². The maximum Gasteiger partial charge on any atom is 0.226 e. The summed E-state index contributed by atoms with van der Waals surface area (Å²) in [5.41, 5.74) is 0.996. The zero-order chi connectivity index (χ0) is 10.8. The van der Waals surface area contributed by atoms with Crippen molar-refractivity contribution in [2.24, 2.45) is 0 Å². The summed E-state index contributed by atoms with van der Waals surface area (Å²) in [6, 6.07) is 5.96. The summed E-state index contributed by atoms with van der Waals surface area (Å²) < 4.78 is 18.0. The van der Waals surface area contributed by atoms with Gasteiger partial charge < -0.3 is 9.52 Å². The zero-order valence-corrected chi connectivity index (χ0v) is 8.14. The first-order chi connectivity index (χ1) is 7.16. The largest absolute Gasteiger partial charge is 0.444 e. The molecular formula is C11H10FNO2. The summed E-state index contributed by atoms with van der Waals surface area (Å²) in [7, 11) is 0. The highest BCUT2D eigenvalue weighted by Crippen LogP contribution is 2.21. The van der Waals surface area contributed by atoms with Crippen molar-refractivity contribution in [1.82, 2.24) is 4.98 Å². The van der Waals surface area contributed by atoms with Gasteiger partial charge in [0.2, 0.25) is 5.89 Å². The second-order valence-corrected chi connectivity index (χ2v) is 3.26. The van der Waals surface area contributed by atoms with Crippen LogP contribution in [0.25, 0.3) is 11.5 Å². The Hall–Kier alpha value is -1.68. The third-order valence-electron chi connectivity index (χ3n) is 2.02. The predicted octanol–water partition coefficient (Wildman–Crippen LogP) is 2.53. The third-order valence-corrected chi connectivity index (χ3v) is 2.02. The molecule has 1 atom stereocenters. The Labute approximate surface area is 86.2 Å². The van der Waals surface area contributed by atoms with Gasteiger partial charge in [-0.15, -0.1) is 0 Å².